The first-order valence-electron chi connectivity index (χ1n) is 25.1. The molecule has 11 heteroatoms. The molecule has 2 aromatic heterocycles. The summed E-state index contributed by atoms with van der Waals surface area (Å²) in [6.07, 6.45) is 0. The second kappa shape index (κ2) is 19.7. The van der Waals surface area contributed by atoms with Crippen LogP contribution in [0.25, 0.3) is 135 Å². The van der Waals surface area contributed by atoms with Crippen molar-refractivity contribution >= 4 is 72.0 Å². The molecule has 12 rings (SSSR count). The summed E-state index contributed by atoms with van der Waals surface area (Å²) >= 11 is 0. The maximum atomic E-state index is 10.4. The first-order chi connectivity index (χ1) is 39.6. The molecule has 12 aromatic rings. The number of rotatable bonds is 7. The van der Waals surface area contributed by atoms with Gasteiger partial charge in [0.15, 0.2) is 28.4 Å². The van der Waals surface area contributed by atoms with E-state index >= 15 is 0 Å². The second-order valence-electron chi connectivity index (χ2n) is 19.2. The highest BCUT2D eigenvalue weighted by atomic mass is 15.0. The van der Waals surface area contributed by atoms with Crippen molar-refractivity contribution in [1.29, 1.82) is 21.0 Å². The fraction of sp³-hybridized carbons (Fsp3) is 0.0143. The number of aromatic nitrogens is 2. The molecule has 0 atom stereocenters. The van der Waals surface area contributed by atoms with E-state index in [0.29, 0.717) is 72.9 Å². The third kappa shape index (κ3) is 8.15. The molecule has 2 heterocycles. The van der Waals surface area contributed by atoms with Gasteiger partial charge < -0.3 is 9.13 Å². The van der Waals surface area contributed by atoms with Crippen LogP contribution in [-0.2, 0) is 0 Å². The summed E-state index contributed by atoms with van der Waals surface area (Å²) in [5, 5.41) is 44.0. The number of benzene rings is 10. The van der Waals surface area contributed by atoms with E-state index in [0.717, 1.165) is 93.9 Å². The fourth-order valence-electron chi connectivity index (χ4n) is 11.1. The topological polar surface area (TPSA) is 127 Å². The van der Waals surface area contributed by atoms with Gasteiger partial charge in [-0.05, 0) is 141 Å². The Labute approximate surface area is 465 Å². The van der Waals surface area contributed by atoms with E-state index < -0.39 is 0 Å². The van der Waals surface area contributed by atoms with Gasteiger partial charge in [-0.3, -0.25) is 0 Å². The molecule has 0 saturated heterocycles. The molecule has 0 amide bonds. The van der Waals surface area contributed by atoms with E-state index in [-0.39, 0.29) is 0 Å². The molecular formula is C70H33N11. The van der Waals surface area contributed by atoms with Crippen LogP contribution in [0.5, 0.6) is 0 Å². The molecule has 0 N–H and O–H groups in total. The zero-order chi connectivity index (χ0) is 56.1. The SMILES string of the molecule is [C-]#[N+]c1ccc(-c2ccc3c4ccc(-c5ccc(C#N)cc5[N+]#[C-])cc4n(-c4cc(C)c(-n5c6cc(-c7ccc(C#N)cc7[N+]#[C-])ccc6c6ccc(-c7ccc([N+]#[C-])cc7[N+]#[C-])cc65)cc4-c4cccc(C#N)c4)c3c2)c(C#N)c1. The third-order valence-corrected chi connectivity index (χ3v) is 14.9. The first kappa shape index (κ1) is 49.1. The molecule has 0 radical (unpaired) electrons. The number of aryl methyl sites for hydroxylation is 1. The van der Waals surface area contributed by atoms with Crippen molar-refractivity contribution in [3.05, 3.63) is 267 Å². The molecule has 0 fully saturated rings. The Kier molecular flexibility index (Phi) is 12.0. The first-order valence-corrected chi connectivity index (χ1v) is 25.1. The number of hydrogen-bond acceptors (Lipinski definition) is 4. The maximum absolute atomic E-state index is 10.4. The normalized spacial score (nSPS) is 10.7. The monoisotopic (exact) mass is 1030 g/mol. The summed E-state index contributed by atoms with van der Waals surface area (Å²) in [5.41, 5.74) is 15.9. The van der Waals surface area contributed by atoms with E-state index in [1.807, 2.05) is 85.8 Å². The molecule has 0 bridgehead atoms. The molecule has 368 valence electrons. The van der Waals surface area contributed by atoms with Crippen LogP contribution in [0.2, 0.25) is 0 Å². The number of nitrogens with zero attached hydrogens (tertiary/aromatic N) is 11. The molecule has 0 saturated carbocycles. The molecular weight excluding hydrogens is 995 g/mol. The molecule has 10 aromatic carbocycles. The number of hydrogen-bond donors (Lipinski definition) is 0. The van der Waals surface area contributed by atoms with E-state index in [9.17, 15) is 21.0 Å². The Bertz CT molecular complexity index is 4930. The highest BCUT2D eigenvalue weighted by Crippen LogP contribution is 2.46. The minimum atomic E-state index is 0.326. The van der Waals surface area contributed by atoms with Crippen LogP contribution in [-0.4, -0.2) is 9.13 Å². The molecule has 81 heavy (non-hydrogen) atoms. The third-order valence-electron chi connectivity index (χ3n) is 14.9. The molecule has 0 unspecified atom stereocenters. The van der Waals surface area contributed by atoms with Crippen molar-refractivity contribution in [3.8, 4) is 91.3 Å². The average Bonchev–Trinajstić information content (AvgIpc) is 4.10. The summed E-state index contributed by atoms with van der Waals surface area (Å²) in [6.45, 7) is 41.7. The molecule has 0 aliphatic heterocycles. The van der Waals surface area contributed by atoms with Crippen LogP contribution >= 0.6 is 0 Å². The smallest absolute Gasteiger partial charge is 0.196 e. The van der Waals surface area contributed by atoms with Crippen molar-refractivity contribution in [2.24, 2.45) is 0 Å². The van der Waals surface area contributed by atoms with Crippen molar-refractivity contribution in [3.63, 3.8) is 0 Å². The minimum absolute atomic E-state index is 0.326. The number of nitriles is 4. The van der Waals surface area contributed by atoms with Crippen molar-refractivity contribution in [2.45, 2.75) is 6.92 Å². The van der Waals surface area contributed by atoms with Gasteiger partial charge in [-0.1, -0.05) is 103 Å². The fourth-order valence-corrected chi connectivity index (χ4v) is 11.1. The highest BCUT2D eigenvalue weighted by molar-refractivity contribution is 6.14. The predicted molar refractivity (Wildman–Crippen MR) is 317 cm³/mol. The Morgan fingerprint density at radius 2 is 0.741 bits per heavy atom. The quantitative estimate of drug-likeness (QED) is 0.147. The van der Waals surface area contributed by atoms with Crippen LogP contribution in [0.1, 0.15) is 27.8 Å². The minimum Gasteiger partial charge on any atom is -0.309 e. The maximum Gasteiger partial charge on any atom is 0.196 e. The largest absolute Gasteiger partial charge is 0.309 e. The van der Waals surface area contributed by atoms with Gasteiger partial charge in [0.05, 0.1) is 90.5 Å². The highest BCUT2D eigenvalue weighted by Gasteiger charge is 2.24. The van der Waals surface area contributed by atoms with Crippen LogP contribution in [0.3, 0.4) is 0 Å². The van der Waals surface area contributed by atoms with Crippen LogP contribution < -0.4 is 0 Å². The lowest BCUT2D eigenvalue weighted by molar-refractivity contribution is 1.12. The van der Waals surface area contributed by atoms with Gasteiger partial charge in [0.1, 0.15) is 0 Å². The molecule has 0 aliphatic rings. The molecule has 0 spiro atoms. The summed E-state index contributed by atoms with van der Waals surface area (Å²) in [7, 11) is 0. The van der Waals surface area contributed by atoms with Gasteiger partial charge in [0.25, 0.3) is 0 Å². The average molecular weight is 1030 g/mol. The van der Waals surface area contributed by atoms with Gasteiger partial charge in [-0.2, -0.15) is 21.0 Å². The Balaban J connectivity index is 1.20. The number of fused-ring (bicyclic) bond motifs is 6. The summed E-state index contributed by atoms with van der Waals surface area (Å²) in [4.78, 5) is 18.7. The zero-order valence-corrected chi connectivity index (χ0v) is 42.7. The van der Waals surface area contributed by atoms with E-state index in [2.05, 4.69) is 81.9 Å². The van der Waals surface area contributed by atoms with E-state index in [4.69, 9.17) is 32.9 Å². The summed E-state index contributed by atoms with van der Waals surface area (Å²) in [6, 6.07) is 65.3. The molecule has 11 nitrogen and oxygen atoms in total. The molecule has 0 aliphatic carbocycles. The summed E-state index contributed by atoms with van der Waals surface area (Å²) < 4.78 is 4.37. The van der Waals surface area contributed by atoms with Crippen molar-refractivity contribution in [1.82, 2.24) is 9.13 Å². The summed E-state index contributed by atoms with van der Waals surface area (Å²) in [5.74, 6) is 0. The van der Waals surface area contributed by atoms with Gasteiger partial charge in [-0.15, -0.1) is 0 Å². The van der Waals surface area contributed by atoms with E-state index in [1.165, 1.54) is 0 Å². The van der Waals surface area contributed by atoms with Gasteiger partial charge in [0.2, 0.25) is 0 Å². The van der Waals surface area contributed by atoms with Gasteiger partial charge in [-0.25, -0.2) is 24.2 Å². The Hall–Kier alpha value is -12.8. The second-order valence-corrected chi connectivity index (χ2v) is 19.2. The Morgan fingerprint density at radius 3 is 1.20 bits per heavy atom. The standard InChI is InChI=1S/C70H33N11/c1-41-26-66(81-69-31-46(53-24-16-51(75-2)30-50(53)40-74)12-20-59(69)60-23-14-48(34-70(60)81)55-19-11-44(39-73)29-63(55)78-5)61(45-9-7-8-42(27-45)37-71)36-65(41)80-67-32-47(54-18-10-43(38-72)28-62(54)77-4)13-21-57(67)58-22-15-49(33-68(58)80)56-25-17-52(76-3)35-64(56)79-6/h7-36H,1H3. The lowest BCUT2D eigenvalue weighted by Crippen LogP contribution is -2.04. The van der Waals surface area contributed by atoms with Gasteiger partial charge in [0, 0.05) is 49.5 Å². The predicted octanol–water partition coefficient (Wildman–Crippen LogP) is 18.8. The van der Waals surface area contributed by atoms with Crippen LogP contribution in [0.4, 0.5) is 28.4 Å². The Morgan fingerprint density at radius 1 is 0.333 bits per heavy atom. The van der Waals surface area contributed by atoms with Crippen molar-refractivity contribution < 1.29 is 0 Å². The van der Waals surface area contributed by atoms with Crippen LogP contribution in [0.15, 0.2) is 182 Å². The van der Waals surface area contributed by atoms with E-state index in [1.54, 1.807) is 78.9 Å². The zero-order valence-electron chi connectivity index (χ0n) is 42.7. The van der Waals surface area contributed by atoms with Gasteiger partial charge >= 0.3 is 0 Å². The van der Waals surface area contributed by atoms with Crippen LogP contribution in [0, 0.1) is 85.1 Å². The lowest BCUT2D eigenvalue weighted by atomic mass is 9.97. The lowest BCUT2D eigenvalue weighted by Gasteiger charge is -2.20. The van der Waals surface area contributed by atoms with Crippen molar-refractivity contribution in [2.75, 3.05) is 0 Å².